The Hall–Kier alpha value is -0.610. The number of hydrogen-bond acceptors (Lipinski definition) is 3. The van der Waals surface area contributed by atoms with Gasteiger partial charge in [0.15, 0.2) is 0 Å². The maximum Gasteiger partial charge on any atom is 0.229 e. The van der Waals surface area contributed by atoms with Crippen LogP contribution in [0.25, 0.3) is 0 Å². The smallest absolute Gasteiger partial charge is 0.229 e. The van der Waals surface area contributed by atoms with E-state index in [9.17, 15) is 4.79 Å². The molecule has 1 aliphatic carbocycles. The third-order valence-corrected chi connectivity index (χ3v) is 5.49. The van der Waals surface area contributed by atoms with Gasteiger partial charge in [0.25, 0.3) is 0 Å². The number of carbonyl (C=O) groups excluding carboxylic acids is 1. The minimum Gasteiger partial charge on any atom is -0.379 e. The lowest BCUT2D eigenvalue weighted by atomic mass is 9.68. The van der Waals surface area contributed by atoms with Crippen LogP contribution in [0.15, 0.2) is 0 Å². The lowest BCUT2D eigenvalue weighted by Gasteiger charge is -2.44. The summed E-state index contributed by atoms with van der Waals surface area (Å²) < 4.78 is 5.32. The number of nitrogens with two attached hydrogens (primary N) is 1. The van der Waals surface area contributed by atoms with Crippen LogP contribution < -0.4 is 5.73 Å². The van der Waals surface area contributed by atoms with E-state index in [0.717, 1.165) is 13.1 Å². The summed E-state index contributed by atoms with van der Waals surface area (Å²) in [5.74, 6) is 0.135. The number of ether oxygens (including phenoxy) is 1. The topological polar surface area (TPSA) is 55.6 Å². The highest BCUT2D eigenvalue weighted by molar-refractivity contribution is 5.80. The summed E-state index contributed by atoms with van der Waals surface area (Å²) in [6.07, 6.45) is 9.31. The summed E-state index contributed by atoms with van der Waals surface area (Å²) in [4.78, 5) is 14.5. The quantitative estimate of drug-likeness (QED) is 0.783. The second kappa shape index (κ2) is 5.41. The molecule has 2 aliphatic heterocycles. The number of hydrogen-bond donors (Lipinski definition) is 1. The van der Waals surface area contributed by atoms with Crippen LogP contribution in [0, 0.1) is 11.3 Å². The van der Waals surface area contributed by atoms with Gasteiger partial charge in [-0.25, -0.2) is 0 Å². The van der Waals surface area contributed by atoms with Gasteiger partial charge in [0.2, 0.25) is 5.91 Å². The zero-order chi connectivity index (χ0) is 13.3. The zero-order valence-electron chi connectivity index (χ0n) is 11.8. The number of amides is 1. The molecule has 19 heavy (non-hydrogen) atoms. The van der Waals surface area contributed by atoms with Crippen molar-refractivity contribution < 1.29 is 9.53 Å². The molecule has 2 atom stereocenters. The number of carbonyl (C=O) groups is 1. The first-order valence-electron chi connectivity index (χ1n) is 7.82. The van der Waals surface area contributed by atoms with E-state index < -0.39 is 0 Å². The minimum atomic E-state index is -0.0990. The third-order valence-electron chi connectivity index (χ3n) is 5.49. The molecule has 0 aromatic carbocycles. The van der Waals surface area contributed by atoms with E-state index in [2.05, 4.69) is 0 Å². The van der Waals surface area contributed by atoms with Crippen molar-refractivity contribution in [3.63, 3.8) is 0 Å². The van der Waals surface area contributed by atoms with Gasteiger partial charge in [-0.3, -0.25) is 4.79 Å². The zero-order valence-corrected chi connectivity index (χ0v) is 11.8. The Bertz CT molecular complexity index is 329. The van der Waals surface area contributed by atoms with Crippen LogP contribution in [0.1, 0.15) is 44.9 Å². The molecule has 3 fully saturated rings. The molecule has 1 saturated carbocycles. The van der Waals surface area contributed by atoms with Crippen molar-refractivity contribution >= 4 is 5.91 Å². The predicted octanol–water partition coefficient (Wildman–Crippen LogP) is 1.53. The number of nitrogens with zero attached hydrogens (tertiary/aromatic N) is 1. The Morgan fingerprint density at radius 1 is 1.05 bits per heavy atom. The van der Waals surface area contributed by atoms with Crippen molar-refractivity contribution in [3.05, 3.63) is 0 Å². The van der Waals surface area contributed by atoms with Crippen molar-refractivity contribution in [2.75, 3.05) is 26.3 Å². The highest BCUT2D eigenvalue weighted by atomic mass is 16.5. The Kier molecular flexibility index (Phi) is 3.81. The molecular weight excluding hydrogens is 240 g/mol. The molecule has 2 N–H and O–H groups in total. The molecule has 0 radical (unpaired) electrons. The van der Waals surface area contributed by atoms with E-state index >= 15 is 0 Å². The normalized spacial score (nSPS) is 34.7. The van der Waals surface area contributed by atoms with Gasteiger partial charge >= 0.3 is 0 Å². The average molecular weight is 266 g/mol. The van der Waals surface area contributed by atoms with Crippen LogP contribution in [0.5, 0.6) is 0 Å². The first kappa shape index (κ1) is 13.4. The Morgan fingerprint density at radius 3 is 2.32 bits per heavy atom. The first-order chi connectivity index (χ1) is 9.20. The third kappa shape index (κ3) is 2.65. The second-order valence-electron chi connectivity index (χ2n) is 6.69. The molecule has 3 rings (SSSR count). The van der Waals surface area contributed by atoms with Gasteiger partial charge in [0.05, 0.1) is 19.1 Å². The highest BCUT2D eigenvalue weighted by Gasteiger charge is 2.40. The van der Waals surface area contributed by atoms with Gasteiger partial charge in [0, 0.05) is 19.1 Å². The maximum absolute atomic E-state index is 12.4. The number of likely N-dealkylation sites (tertiary alicyclic amines) is 1. The van der Waals surface area contributed by atoms with Crippen LogP contribution in [0.4, 0.5) is 0 Å². The molecule has 0 aromatic heterocycles. The fourth-order valence-corrected chi connectivity index (χ4v) is 4.06. The number of rotatable bonds is 1. The standard InChI is InChI=1S/C15H26N2O2/c16-13-11-19-10-12(13)14(18)17-8-6-15(7-9-17)4-2-1-3-5-15/h12-13H,1-11,16H2. The van der Waals surface area contributed by atoms with Gasteiger partial charge in [-0.05, 0) is 31.1 Å². The molecule has 3 aliphatic rings. The van der Waals surface area contributed by atoms with E-state index in [1.807, 2.05) is 4.90 Å². The van der Waals surface area contributed by atoms with E-state index in [0.29, 0.717) is 18.6 Å². The molecule has 0 aromatic rings. The lowest BCUT2D eigenvalue weighted by Crippen LogP contribution is -2.49. The molecule has 108 valence electrons. The van der Waals surface area contributed by atoms with Crippen LogP contribution >= 0.6 is 0 Å². The van der Waals surface area contributed by atoms with Gasteiger partial charge in [-0.1, -0.05) is 19.3 Å². The Balaban J connectivity index is 1.56. The van der Waals surface area contributed by atoms with Crippen molar-refractivity contribution in [2.45, 2.75) is 51.0 Å². The predicted molar refractivity (Wildman–Crippen MR) is 73.6 cm³/mol. The SMILES string of the molecule is NC1COCC1C(=O)N1CCC2(CCCCC2)CC1. The summed E-state index contributed by atoms with van der Waals surface area (Å²) in [5.41, 5.74) is 6.51. The molecule has 0 bridgehead atoms. The van der Waals surface area contributed by atoms with Crippen LogP contribution in [0.3, 0.4) is 0 Å². The van der Waals surface area contributed by atoms with E-state index in [1.165, 1.54) is 44.9 Å². The van der Waals surface area contributed by atoms with Gasteiger partial charge in [-0.2, -0.15) is 0 Å². The summed E-state index contributed by atoms with van der Waals surface area (Å²) in [6, 6.07) is -0.0990. The van der Waals surface area contributed by atoms with Gasteiger partial charge in [-0.15, -0.1) is 0 Å². The molecular formula is C15H26N2O2. The molecule has 2 unspecified atom stereocenters. The summed E-state index contributed by atoms with van der Waals surface area (Å²) >= 11 is 0. The highest BCUT2D eigenvalue weighted by Crippen LogP contribution is 2.44. The second-order valence-corrected chi connectivity index (χ2v) is 6.69. The molecule has 2 heterocycles. The largest absolute Gasteiger partial charge is 0.379 e. The van der Waals surface area contributed by atoms with E-state index in [-0.39, 0.29) is 17.9 Å². The van der Waals surface area contributed by atoms with Gasteiger partial charge in [0.1, 0.15) is 0 Å². The Morgan fingerprint density at radius 2 is 1.74 bits per heavy atom. The fourth-order valence-electron chi connectivity index (χ4n) is 4.06. The average Bonchev–Trinajstić information content (AvgIpc) is 2.86. The fraction of sp³-hybridized carbons (Fsp3) is 0.933. The van der Waals surface area contributed by atoms with Crippen molar-refractivity contribution in [1.29, 1.82) is 0 Å². The first-order valence-corrected chi connectivity index (χ1v) is 7.82. The van der Waals surface area contributed by atoms with Crippen LogP contribution in [0.2, 0.25) is 0 Å². The van der Waals surface area contributed by atoms with Crippen LogP contribution in [-0.4, -0.2) is 43.2 Å². The van der Waals surface area contributed by atoms with E-state index in [4.69, 9.17) is 10.5 Å². The minimum absolute atomic E-state index is 0.0968. The molecule has 4 nitrogen and oxygen atoms in total. The van der Waals surface area contributed by atoms with Crippen LogP contribution in [-0.2, 0) is 9.53 Å². The molecule has 4 heteroatoms. The van der Waals surface area contributed by atoms with Gasteiger partial charge < -0.3 is 15.4 Å². The molecule has 1 amide bonds. The summed E-state index contributed by atoms with van der Waals surface area (Å²) in [7, 11) is 0. The maximum atomic E-state index is 12.4. The molecule has 1 spiro atoms. The number of piperidine rings is 1. The molecule has 2 saturated heterocycles. The lowest BCUT2D eigenvalue weighted by molar-refractivity contribution is -0.138. The van der Waals surface area contributed by atoms with E-state index in [1.54, 1.807) is 0 Å². The van der Waals surface area contributed by atoms with Crippen molar-refractivity contribution in [2.24, 2.45) is 17.1 Å². The van der Waals surface area contributed by atoms with Crippen molar-refractivity contribution in [3.8, 4) is 0 Å². The monoisotopic (exact) mass is 266 g/mol. The summed E-state index contributed by atoms with van der Waals surface area (Å²) in [5, 5.41) is 0. The van der Waals surface area contributed by atoms with Crippen molar-refractivity contribution in [1.82, 2.24) is 4.90 Å². The Labute approximate surface area is 115 Å². The summed E-state index contributed by atoms with van der Waals surface area (Å²) in [6.45, 7) is 2.92.